The second-order valence-corrected chi connectivity index (χ2v) is 3.09. The molecule has 2 nitrogen and oxygen atoms in total. The molecule has 0 saturated heterocycles. The quantitative estimate of drug-likeness (QED) is 0.682. The smallest absolute Gasteiger partial charge is 0.0653 e. The average Bonchev–Trinajstić information content (AvgIpc) is 2.49. The summed E-state index contributed by atoms with van der Waals surface area (Å²) in [6.45, 7) is 4.32. The molecule has 0 spiro atoms. The van der Waals surface area contributed by atoms with Crippen LogP contribution in [0, 0.1) is 6.92 Å². The van der Waals surface area contributed by atoms with Gasteiger partial charge in [0.05, 0.1) is 11.7 Å². The third-order valence-electron chi connectivity index (χ3n) is 2.28. The Morgan fingerprint density at radius 2 is 2.25 bits per heavy atom. The maximum Gasteiger partial charge on any atom is 0.0653 e. The van der Waals surface area contributed by atoms with Crippen LogP contribution in [-0.4, -0.2) is 10.2 Å². The highest BCUT2D eigenvalue weighted by Gasteiger charge is 2.00. The minimum atomic E-state index is 1.08. The molecule has 0 amide bonds. The van der Waals surface area contributed by atoms with Crippen LogP contribution in [0.4, 0.5) is 0 Å². The number of nitrogens with one attached hydrogen (secondary N) is 1. The molecule has 0 unspecified atom stereocenters. The van der Waals surface area contributed by atoms with Gasteiger partial charge in [-0.05, 0) is 36.6 Å². The van der Waals surface area contributed by atoms with E-state index in [1.165, 1.54) is 16.5 Å². The first-order chi connectivity index (χ1) is 5.81. The minimum absolute atomic E-state index is 1.08. The van der Waals surface area contributed by atoms with E-state index in [0.717, 1.165) is 11.9 Å². The zero-order valence-electron chi connectivity index (χ0n) is 7.39. The highest BCUT2D eigenvalue weighted by molar-refractivity contribution is 5.79. The molecule has 0 fully saturated rings. The number of hydrogen-bond donors (Lipinski definition) is 1. The van der Waals surface area contributed by atoms with Crippen molar-refractivity contribution in [2.75, 3.05) is 0 Å². The fourth-order valence-corrected chi connectivity index (χ4v) is 1.53. The van der Waals surface area contributed by atoms with Gasteiger partial charge >= 0.3 is 0 Å². The van der Waals surface area contributed by atoms with Gasteiger partial charge in [-0.25, -0.2) is 0 Å². The normalized spacial score (nSPS) is 10.8. The van der Waals surface area contributed by atoms with Crippen molar-refractivity contribution in [2.24, 2.45) is 0 Å². The van der Waals surface area contributed by atoms with Crippen molar-refractivity contribution < 1.29 is 0 Å². The molecule has 2 aromatic rings. The van der Waals surface area contributed by atoms with Gasteiger partial charge < -0.3 is 0 Å². The molecule has 1 N–H and O–H groups in total. The second-order valence-electron chi connectivity index (χ2n) is 3.09. The first-order valence-corrected chi connectivity index (χ1v) is 4.24. The van der Waals surface area contributed by atoms with E-state index in [1.54, 1.807) is 0 Å². The highest BCUT2D eigenvalue weighted by atomic mass is 15.1. The molecular formula is C10H12N2. The van der Waals surface area contributed by atoms with E-state index >= 15 is 0 Å². The molecule has 1 heterocycles. The lowest BCUT2D eigenvalue weighted by Gasteiger charge is -2.01. The van der Waals surface area contributed by atoms with Crippen LogP contribution < -0.4 is 0 Å². The van der Waals surface area contributed by atoms with Crippen LogP contribution in [0.3, 0.4) is 0 Å². The standard InChI is InChI=1S/C10H12N2/c1-3-8-5-10-9(4-7(8)2)6-11-12-10/h4-6H,3H2,1-2H3,(H,11,12). The molecule has 0 atom stereocenters. The lowest BCUT2D eigenvalue weighted by Crippen LogP contribution is -1.85. The molecular weight excluding hydrogens is 148 g/mol. The molecule has 1 aromatic carbocycles. The molecule has 0 radical (unpaired) electrons. The number of aromatic nitrogens is 2. The molecule has 0 aliphatic heterocycles. The molecule has 0 aliphatic carbocycles. The molecule has 1 aromatic heterocycles. The zero-order valence-corrected chi connectivity index (χ0v) is 7.39. The molecule has 0 bridgehead atoms. The SMILES string of the molecule is CCc1cc2[nH]ncc2cc1C. The van der Waals surface area contributed by atoms with Crippen LogP contribution in [0.1, 0.15) is 18.1 Å². The summed E-state index contributed by atoms with van der Waals surface area (Å²) in [4.78, 5) is 0. The topological polar surface area (TPSA) is 28.7 Å². The maximum atomic E-state index is 3.99. The molecule has 0 saturated carbocycles. The highest BCUT2D eigenvalue weighted by Crippen LogP contribution is 2.17. The van der Waals surface area contributed by atoms with Crippen molar-refractivity contribution in [2.45, 2.75) is 20.3 Å². The molecule has 2 heteroatoms. The van der Waals surface area contributed by atoms with Crippen LogP contribution in [0.5, 0.6) is 0 Å². The third-order valence-corrected chi connectivity index (χ3v) is 2.28. The lowest BCUT2D eigenvalue weighted by atomic mass is 10.0. The van der Waals surface area contributed by atoms with Gasteiger partial charge in [0.1, 0.15) is 0 Å². The van der Waals surface area contributed by atoms with Gasteiger partial charge in [0.2, 0.25) is 0 Å². The monoisotopic (exact) mass is 160 g/mol. The summed E-state index contributed by atoms with van der Waals surface area (Å²) >= 11 is 0. The van der Waals surface area contributed by atoms with E-state index in [4.69, 9.17) is 0 Å². The van der Waals surface area contributed by atoms with Crippen molar-refractivity contribution >= 4 is 10.9 Å². The van der Waals surface area contributed by atoms with Crippen LogP contribution in [0.2, 0.25) is 0 Å². The second kappa shape index (κ2) is 2.63. The van der Waals surface area contributed by atoms with Gasteiger partial charge in [-0.3, -0.25) is 5.10 Å². The van der Waals surface area contributed by atoms with Crippen LogP contribution in [0.25, 0.3) is 10.9 Å². The van der Waals surface area contributed by atoms with E-state index < -0.39 is 0 Å². The van der Waals surface area contributed by atoms with E-state index in [-0.39, 0.29) is 0 Å². The summed E-state index contributed by atoms with van der Waals surface area (Å²) in [6.07, 6.45) is 2.95. The van der Waals surface area contributed by atoms with E-state index in [2.05, 4.69) is 36.2 Å². The maximum absolute atomic E-state index is 3.99. The number of hydrogen-bond acceptors (Lipinski definition) is 1. The Balaban J connectivity index is 2.73. The zero-order chi connectivity index (χ0) is 8.55. The van der Waals surface area contributed by atoms with E-state index in [9.17, 15) is 0 Å². The van der Waals surface area contributed by atoms with Crippen molar-refractivity contribution in [3.05, 3.63) is 29.5 Å². The van der Waals surface area contributed by atoms with Crippen LogP contribution >= 0.6 is 0 Å². The minimum Gasteiger partial charge on any atom is -0.278 e. The third kappa shape index (κ3) is 0.998. The van der Waals surface area contributed by atoms with Crippen molar-refractivity contribution in [3.8, 4) is 0 Å². The van der Waals surface area contributed by atoms with Crippen molar-refractivity contribution in [3.63, 3.8) is 0 Å². The number of H-pyrrole nitrogens is 1. The number of aryl methyl sites for hydroxylation is 2. The van der Waals surface area contributed by atoms with Gasteiger partial charge in [0.15, 0.2) is 0 Å². The number of aromatic amines is 1. The Bertz CT molecular complexity index is 401. The number of nitrogens with zero attached hydrogens (tertiary/aromatic N) is 1. The number of rotatable bonds is 1. The van der Waals surface area contributed by atoms with E-state index in [0.29, 0.717) is 0 Å². The Morgan fingerprint density at radius 3 is 3.00 bits per heavy atom. The Labute approximate surface area is 71.6 Å². The largest absolute Gasteiger partial charge is 0.278 e. The lowest BCUT2D eigenvalue weighted by molar-refractivity contribution is 1.10. The summed E-state index contributed by atoms with van der Waals surface area (Å²) in [5.41, 5.74) is 3.88. The fraction of sp³-hybridized carbons (Fsp3) is 0.300. The molecule has 0 aliphatic rings. The summed E-state index contributed by atoms with van der Waals surface area (Å²) in [5.74, 6) is 0. The van der Waals surface area contributed by atoms with Crippen molar-refractivity contribution in [1.82, 2.24) is 10.2 Å². The molecule has 12 heavy (non-hydrogen) atoms. The van der Waals surface area contributed by atoms with Crippen LogP contribution in [-0.2, 0) is 6.42 Å². The summed E-state index contributed by atoms with van der Waals surface area (Å²) in [7, 11) is 0. The predicted octanol–water partition coefficient (Wildman–Crippen LogP) is 2.43. The van der Waals surface area contributed by atoms with Gasteiger partial charge in [-0.15, -0.1) is 0 Å². The first kappa shape index (κ1) is 7.35. The van der Waals surface area contributed by atoms with Gasteiger partial charge in [0.25, 0.3) is 0 Å². The predicted molar refractivity (Wildman–Crippen MR) is 50.2 cm³/mol. The number of fused-ring (bicyclic) bond motifs is 1. The van der Waals surface area contributed by atoms with Crippen LogP contribution in [0.15, 0.2) is 18.3 Å². The van der Waals surface area contributed by atoms with Gasteiger partial charge in [0, 0.05) is 5.39 Å². The van der Waals surface area contributed by atoms with Crippen molar-refractivity contribution in [1.29, 1.82) is 0 Å². The summed E-state index contributed by atoms with van der Waals surface area (Å²) < 4.78 is 0. The summed E-state index contributed by atoms with van der Waals surface area (Å²) in [6, 6.07) is 4.36. The summed E-state index contributed by atoms with van der Waals surface area (Å²) in [5, 5.41) is 8.16. The van der Waals surface area contributed by atoms with E-state index in [1.807, 2.05) is 6.20 Å². The first-order valence-electron chi connectivity index (χ1n) is 4.24. The molecule has 2 rings (SSSR count). The van der Waals surface area contributed by atoms with Gasteiger partial charge in [-0.1, -0.05) is 6.92 Å². The average molecular weight is 160 g/mol. The Hall–Kier alpha value is -1.31. The fourth-order valence-electron chi connectivity index (χ4n) is 1.53. The Kier molecular flexibility index (Phi) is 1.61. The molecule has 62 valence electrons. The number of benzene rings is 1. The Morgan fingerprint density at radius 1 is 1.42 bits per heavy atom. The van der Waals surface area contributed by atoms with Gasteiger partial charge in [-0.2, -0.15) is 5.10 Å².